The molecule has 2 aromatic rings. The maximum absolute atomic E-state index is 12.1. The van der Waals surface area contributed by atoms with Crippen molar-refractivity contribution in [1.29, 1.82) is 0 Å². The van der Waals surface area contributed by atoms with Crippen molar-refractivity contribution in [3.05, 3.63) is 69.5 Å². The molecule has 1 aromatic carbocycles. The summed E-state index contributed by atoms with van der Waals surface area (Å²) in [5, 5.41) is 0.974. The monoisotopic (exact) mass is 517 g/mol. The van der Waals surface area contributed by atoms with Crippen LogP contribution in [0, 0.1) is 0 Å². The summed E-state index contributed by atoms with van der Waals surface area (Å²) < 4.78 is 11.6. The lowest BCUT2D eigenvalue weighted by Crippen LogP contribution is -2.40. The Bertz CT molecular complexity index is 1130. The number of carbonyl (C=O) groups excluding carboxylic acids is 1. The molecular formula is C25H29Cl2N5O3. The molecule has 35 heavy (non-hydrogen) atoms. The van der Waals surface area contributed by atoms with Crippen molar-refractivity contribution in [3.63, 3.8) is 0 Å². The van der Waals surface area contributed by atoms with Crippen molar-refractivity contribution in [3.8, 4) is 5.88 Å². The molecule has 10 heteroatoms. The Morgan fingerprint density at radius 2 is 2.00 bits per heavy atom. The molecule has 2 atom stereocenters. The Hall–Kier alpha value is -2.65. The molecule has 1 fully saturated rings. The van der Waals surface area contributed by atoms with Gasteiger partial charge in [-0.2, -0.15) is 0 Å². The number of nitrogen functional groups attached to an aromatic ring is 1. The second-order valence-corrected chi connectivity index (χ2v) is 9.61. The van der Waals surface area contributed by atoms with Gasteiger partial charge in [0.2, 0.25) is 5.91 Å². The average molecular weight is 518 g/mol. The molecule has 2 aliphatic rings. The summed E-state index contributed by atoms with van der Waals surface area (Å²) >= 11 is 12.7. The van der Waals surface area contributed by atoms with Gasteiger partial charge in [-0.3, -0.25) is 9.69 Å². The fraction of sp³-hybridized carbons (Fsp3) is 0.400. The van der Waals surface area contributed by atoms with Gasteiger partial charge in [0.1, 0.15) is 6.10 Å². The molecule has 1 aromatic heterocycles. The van der Waals surface area contributed by atoms with Crippen LogP contribution in [-0.2, 0) is 14.9 Å². The van der Waals surface area contributed by atoms with E-state index in [4.69, 9.17) is 49.1 Å². The summed E-state index contributed by atoms with van der Waals surface area (Å²) in [6, 6.07) is 5.27. The highest BCUT2D eigenvalue weighted by Gasteiger charge is 2.36. The van der Waals surface area contributed by atoms with E-state index in [1.807, 2.05) is 13.0 Å². The number of carbonyl (C=O) groups is 1. The van der Waals surface area contributed by atoms with Gasteiger partial charge in [0.15, 0.2) is 5.82 Å². The topological polar surface area (TPSA) is 117 Å². The van der Waals surface area contributed by atoms with Gasteiger partial charge in [0, 0.05) is 39.7 Å². The van der Waals surface area contributed by atoms with Crippen LogP contribution in [0.2, 0.25) is 10.0 Å². The van der Waals surface area contributed by atoms with E-state index in [9.17, 15) is 4.79 Å². The maximum Gasteiger partial charge on any atom is 0.258 e. The first-order valence-electron chi connectivity index (χ1n) is 11.5. The van der Waals surface area contributed by atoms with Crippen molar-refractivity contribution >= 4 is 34.9 Å². The molecule has 4 N–H and O–H groups in total. The van der Waals surface area contributed by atoms with Crippen molar-refractivity contribution in [2.24, 2.45) is 5.73 Å². The van der Waals surface area contributed by atoms with Crippen molar-refractivity contribution in [2.75, 3.05) is 38.6 Å². The van der Waals surface area contributed by atoms with Crippen molar-refractivity contribution < 1.29 is 14.3 Å². The van der Waals surface area contributed by atoms with Crippen LogP contribution >= 0.6 is 23.2 Å². The molecule has 8 nitrogen and oxygen atoms in total. The predicted molar refractivity (Wildman–Crippen MR) is 137 cm³/mol. The van der Waals surface area contributed by atoms with Crippen LogP contribution in [0.1, 0.15) is 37.1 Å². The van der Waals surface area contributed by atoms with E-state index in [0.717, 1.165) is 19.6 Å². The number of anilines is 1. The number of morpholine rings is 1. The average Bonchev–Trinajstić information content (AvgIpc) is 2.85. The largest absolute Gasteiger partial charge is 0.467 e. The zero-order valence-electron chi connectivity index (χ0n) is 19.5. The lowest BCUT2D eigenvalue weighted by molar-refractivity contribution is -0.114. The fourth-order valence-electron chi connectivity index (χ4n) is 4.47. The van der Waals surface area contributed by atoms with Gasteiger partial charge in [-0.25, -0.2) is 9.97 Å². The normalized spacial score (nSPS) is 21.4. The molecule has 0 radical (unpaired) electrons. The van der Waals surface area contributed by atoms with Gasteiger partial charge >= 0.3 is 0 Å². The quantitative estimate of drug-likeness (QED) is 0.546. The minimum atomic E-state index is -0.596. The fourth-order valence-corrected chi connectivity index (χ4v) is 5.17. The molecule has 1 amide bonds. The lowest BCUT2D eigenvalue weighted by atomic mass is 9.73. The second-order valence-electron chi connectivity index (χ2n) is 8.79. The van der Waals surface area contributed by atoms with Gasteiger partial charge in [-0.1, -0.05) is 47.5 Å². The van der Waals surface area contributed by atoms with E-state index in [1.165, 1.54) is 0 Å². The van der Waals surface area contributed by atoms with E-state index >= 15 is 0 Å². The number of allylic oxidation sites excluding steroid dienone is 3. The van der Waals surface area contributed by atoms with Crippen molar-refractivity contribution in [1.82, 2.24) is 14.9 Å². The number of nitrogens with two attached hydrogens (primary N) is 2. The van der Waals surface area contributed by atoms with Crippen LogP contribution in [0.25, 0.3) is 0 Å². The van der Waals surface area contributed by atoms with Crippen LogP contribution in [-0.4, -0.2) is 53.6 Å². The Balaban J connectivity index is 1.64. The zero-order valence-corrected chi connectivity index (χ0v) is 21.1. The molecule has 2 heterocycles. The highest BCUT2D eigenvalue weighted by atomic mass is 35.5. The number of ether oxygens (including phenoxy) is 2. The Morgan fingerprint density at radius 1 is 1.29 bits per heavy atom. The molecule has 0 saturated carbocycles. The van der Waals surface area contributed by atoms with E-state index < -0.39 is 17.4 Å². The van der Waals surface area contributed by atoms with E-state index in [-0.39, 0.29) is 11.7 Å². The number of amides is 1. The molecule has 1 aliphatic carbocycles. The van der Waals surface area contributed by atoms with Crippen LogP contribution < -0.4 is 16.2 Å². The van der Waals surface area contributed by atoms with Gasteiger partial charge < -0.3 is 20.9 Å². The highest BCUT2D eigenvalue weighted by molar-refractivity contribution is 6.36. The summed E-state index contributed by atoms with van der Waals surface area (Å²) in [4.78, 5) is 23.5. The van der Waals surface area contributed by atoms with Gasteiger partial charge in [0.25, 0.3) is 5.88 Å². The number of halogens is 2. The summed E-state index contributed by atoms with van der Waals surface area (Å²) in [7, 11) is 0. The number of hydrogen-bond acceptors (Lipinski definition) is 7. The summed E-state index contributed by atoms with van der Waals surface area (Å²) in [6.45, 7) is 5.75. The third-order valence-electron chi connectivity index (χ3n) is 6.48. The van der Waals surface area contributed by atoms with Crippen LogP contribution in [0.3, 0.4) is 0 Å². The second kappa shape index (κ2) is 11.0. The number of rotatable bonds is 8. The van der Waals surface area contributed by atoms with Gasteiger partial charge in [-0.15, -0.1) is 0 Å². The van der Waals surface area contributed by atoms with E-state index in [1.54, 1.807) is 30.5 Å². The Labute approximate surface area is 214 Å². The Morgan fingerprint density at radius 3 is 2.69 bits per heavy atom. The number of nitrogens with zero attached hydrogens (tertiary/aromatic N) is 3. The first kappa shape index (κ1) is 25.4. The first-order chi connectivity index (χ1) is 16.8. The number of hydrogen-bond donors (Lipinski definition) is 2. The van der Waals surface area contributed by atoms with Gasteiger partial charge in [0.05, 0.1) is 25.1 Å². The standard InChI is InChI=1S/C25H29Cl2N5O3/c1-16(21-18(26)5-2-6-19(21)27)35-24-22(28)30-15-20(31-24)25(7-3-4-17(14-25)23(29)33)8-9-32-10-12-34-13-11-32/h2-7,15-16H,8-14H2,1H3,(H2,28,30)(H2,29,33). The molecule has 0 bridgehead atoms. The number of benzene rings is 1. The Kier molecular flexibility index (Phi) is 7.96. The summed E-state index contributed by atoms with van der Waals surface area (Å²) in [5.41, 5.74) is 13.0. The number of primary amides is 1. The minimum Gasteiger partial charge on any atom is -0.467 e. The highest BCUT2D eigenvalue weighted by Crippen LogP contribution is 2.40. The minimum absolute atomic E-state index is 0.151. The first-order valence-corrected chi connectivity index (χ1v) is 12.3. The molecule has 1 aliphatic heterocycles. The van der Waals surface area contributed by atoms with Crippen LogP contribution in [0.4, 0.5) is 5.82 Å². The molecule has 4 rings (SSSR count). The van der Waals surface area contributed by atoms with E-state index in [2.05, 4.69) is 16.0 Å². The third-order valence-corrected chi connectivity index (χ3v) is 7.14. The smallest absolute Gasteiger partial charge is 0.258 e. The third kappa shape index (κ3) is 5.78. The van der Waals surface area contributed by atoms with Crippen molar-refractivity contribution in [2.45, 2.75) is 31.3 Å². The number of aromatic nitrogens is 2. The SMILES string of the molecule is CC(Oc1nc(C2(CCN3CCOCC3)C=CC=C(C(N)=O)C2)cnc1N)c1c(Cl)cccc1Cl. The summed E-state index contributed by atoms with van der Waals surface area (Å²) in [5.74, 6) is -0.121. The molecular weight excluding hydrogens is 489 g/mol. The molecule has 186 valence electrons. The molecule has 1 saturated heterocycles. The zero-order chi connectivity index (χ0) is 25.0. The predicted octanol–water partition coefficient (Wildman–Crippen LogP) is 3.84. The van der Waals surface area contributed by atoms with Crippen LogP contribution in [0.5, 0.6) is 5.88 Å². The molecule has 0 spiro atoms. The summed E-state index contributed by atoms with van der Waals surface area (Å²) in [6.07, 6.45) is 7.90. The van der Waals surface area contributed by atoms with Gasteiger partial charge in [-0.05, 0) is 38.4 Å². The van der Waals surface area contributed by atoms with Crippen LogP contribution in [0.15, 0.2) is 48.2 Å². The molecule has 2 unspecified atom stereocenters. The van der Waals surface area contributed by atoms with E-state index in [0.29, 0.717) is 52.9 Å². The maximum atomic E-state index is 12.1. The lowest BCUT2D eigenvalue weighted by Gasteiger charge is -2.36.